The van der Waals surface area contributed by atoms with Crippen LogP contribution in [0.3, 0.4) is 0 Å². The molecule has 13 heteroatoms. The molecule has 0 bridgehead atoms. The Kier molecular flexibility index (Phi) is 7.48. The molecule has 4 rings (SSSR count). The van der Waals surface area contributed by atoms with E-state index >= 15 is 0 Å². The molecule has 0 saturated heterocycles. The van der Waals surface area contributed by atoms with Gasteiger partial charge in [0.25, 0.3) is 5.16 Å². The second-order valence-electron chi connectivity index (χ2n) is 8.60. The van der Waals surface area contributed by atoms with Crippen molar-refractivity contribution in [1.82, 2.24) is 29.5 Å². The van der Waals surface area contributed by atoms with Crippen LogP contribution in [0.25, 0.3) is 11.4 Å². The first-order valence-corrected chi connectivity index (χ1v) is 13.3. The van der Waals surface area contributed by atoms with Gasteiger partial charge >= 0.3 is 0 Å². The predicted molar refractivity (Wildman–Crippen MR) is 129 cm³/mol. The van der Waals surface area contributed by atoms with Gasteiger partial charge in [-0.25, -0.2) is 31.5 Å². The van der Waals surface area contributed by atoms with Crippen LogP contribution in [0.4, 0.5) is 8.78 Å². The van der Waals surface area contributed by atoms with Crippen LogP contribution in [0.15, 0.2) is 60.3 Å². The van der Waals surface area contributed by atoms with Crippen LogP contribution in [0.1, 0.15) is 30.9 Å². The van der Waals surface area contributed by atoms with E-state index < -0.39 is 33.0 Å². The van der Waals surface area contributed by atoms with Crippen LogP contribution in [0.2, 0.25) is 0 Å². The quantitative estimate of drug-likeness (QED) is 0.331. The Balaban J connectivity index is 1.72. The highest BCUT2D eigenvalue weighted by molar-refractivity contribution is 7.90. The summed E-state index contributed by atoms with van der Waals surface area (Å²) in [6.45, 7) is 3.78. The summed E-state index contributed by atoms with van der Waals surface area (Å²) in [5.41, 5.74) is -0.707. The molecule has 1 N–H and O–H groups in total. The standard InChI is InChI=1S/C24H26F2N6O4S/c1-4-36-15-32-22(29-23(30-32)37(3,34)35)18-7-5-17(6-8-18)16(2)24(33,12-31-14-27-13-28-31)20-10-9-19(25)11-21(20)26/h5-11,13-14,16,33H,4,12,15H2,1-3H3/t16-,24+/m1/s1. The summed E-state index contributed by atoms with van der Waals surface area (Å²) < 4.78 is 60.6. The molecule has 4 aromatic rings. The molecule has 2 aromatic carbocycles. The summed E-state index contributed by atoms with van der Waals surface area (Å²) in [7, 11) is -3.65. The summed E-state index contributed by atoms with van der Waals surface area (Å²) >= 11 is 0. The van der Waals surface area contributed by atoms with Gasteiger partial charge in [0.1, 0.15) is 36.6 Å². The van der Waals surface area contributed by atoms with E-state index in [1.165, 1.54) is 28.1 Å². The second-order valence-corrected chi connectivity index (χ2v) is 10.5. The first kappa shape index (κ1) is 26.5. The zero-order valence-electron chi connectivity index (χ0n) is 20.4. The van der Waals surface area contributed by atoms with Crippen molar-refractivity contribution >= 4 is 9.84 Å². The van der Waals surface area contributed by atoms with Crippen molar-refractivity contribution in [3.8, 4) is 11.4 Å². The van der Waals surface area contributed by atoms with Crippen LogP contribution in [-0.2, 0) is 33.5 Å². The first-order valence-electron chi connectivity index (χ1n) is 11.4. The molecular weight excluding hydrogens is 506 g/mol. The lowest BCUT2D eigenvalue weighted by Crippen LogP contribution is -2.38. The van der Waals surface area contributed by atoms with E-state index in [-0.39, 0.29) is 29.8 Å². The van der Waals surface area contributed by atoms with Crippen LogP contribution < -0.4 is 0 Å². The molecule has 0 amide bonds. The Hall–Kier alpha value is -3.55. The summed E-state index contributed by atoms with van der Waals surface area (Å²) in [6, 6.07) is 9.85. The first-order chi connectivity index (χ1) is 17.5. The third-order valence-corrected chi connectivity index (χ3v) is 6.89. The van der Waals surface area contributed by atoms with Gasteiger partial charge in [-0.3, -0.25) is 0 Å². The highest BCUT2D eigenvalue weighted by atomic mass is 32.2. The topological polar surface area (TPSA) is 125 Å². The SMILES string of the molecule is CCOCn1nc(S(C)(=O)=O)nc1-c1ccc([C@@H](C)[C@@](O)(Cn2cncn2)c2ccc(F)cc2F)cc1. The average molecular weight is 533 g/mol. The molecule has 0 unspecified atom stereocenters. The average Bonchev–Trinajstić information content (AvgIpc) is 3.52. The lowest BCUT2D eigenvalue weighted by Gasteiger charge is -2.35. The predicted octanol–water partition coefficient (Wildman–Crippen LogP) is 2.90. The van der Waals surface area contributed by atoms with Crippen molar-refractivity contribution < 1.29 is 27.0 Å². The smallest absolute Gasteiger partial charge is 0.267 e. The normalized spacial score (nSPS) is 14.4. The van der Waals surface area contributed by atoms with E-state index in [2.05, 4.69) is 20.2 Å². The fourth-order valence-corrected chi connectivity index (χ4v) is 4.51. The molecule has 10 nitrogen and oxygen atoms in total. The molecular formula is C24H26F2N6O4S. The van der Waals surface area contributed by atoms with Gasteiger partial charge in [-0.05, 0) is 18.6 Å². The van der Waals surface area contributed by atoms with E-state index in [9.17, 15) is 22.3 Å². The number of nitrogens with zero attached hydrogens (tertiary/aromatic N) is 6. The molecule has 0 saturated carbocycles. The van der Waals surface area contributed by atoms with E-state index in [0.29, 0.717) is 17.7 Å². The largest absolute Gasteiger partial charge is 0.382 e. The number of hydrogen-bond acceptors (Lipinski definition) is 8. The Bertz CT molecular complexity index is 1480. The highest BCUT2D eigenvalue weighted by Gasteiger charge is 2.40. The molecule has 0 aliphatic rings. The third-order valence-electron chi connectivity index (χ3n) is 6.05. The van der Waals surface area contributed by atoms with Crippen LogP contribution >= 0.6 is 0 Å². The van der Waals surface area contributed by atoms with E-state index in [1.807, 2.05) is 0 Å². The maximum Gasteiger partial charge on any atom is 0.267 e. The van der Waals surface area contributed by atoms with Gasteiger partial charge in [-0.2, -0.15) is 10.1 Å². The second kappa shape index (κ2) is 10.4. The number of aliphatic hydroxyl groups is 1. The third kappa shape index (κ3) is 5.58. The van der Waals surface area contributed by atoms with Crippen LogP contribution in [0.5, 0.6) is 0 Å². The van der Waals surface area contributed by atoms with Gasteiger partial charge in [0, 0.05) is 36.0 Å². The summed E-state index contributed by atoms with van der Waals surface area (Å²) in [6.07, 6.45) is 3.71. The lowest BCUT2D eigenvalue weighted by molar-refractivity contribution is -0.0112. The van der Waals surface area contributed by atoms with Crippen molar-refractivity contribution in [2.45, 2.75) is 43.8 Å². The molecule has 0 aliphatic carbocycles. The number of rotatable bonds is 10. The maximum atomic E-state index is 14.9. The highest BCUT2D eigenvalue weighted by Crippen LogP contribution is 2.40. The lowest BCUT2D eigenvalue weighted by atomic mass is 9.78. The number of ether oxygens (including phenoxy) is 1. The summed E-state index contributed by atoms with van der Waals surface area (Å²) in [5, 5.41) is 19.6. The molecule has 0 aliphatic heterocycles. The Labute approximate surface area is 212 Å². The maximum absolute atomic E-state index is 14.9. The minimum atomic E-state index is -3.65. The molecule has 196 valence electrons. The van der Waals surface area contributed by atoms with Crippen molar-refractivity contribution in [3.63, 3.8) is 0 Å². The summed E-state index contributed by atoms with van der Waals surface area (Å²) in [5.74, 6) is -2.04. The molecule has 0 fully saturated rings. The number of hydrogen-bond donors (Lipinski definition) is 1. The minimum Gasteiger partial charge on any atom is -0.382 e. The Morgan fingerprint density at radius 2 is 1.89 bits per heavy atom. The minimum absolute atomic E-state index is 0.00794. The number of aromatic nitrogens is 6. The van der Waals surface area contributed by atoms with Gasteiger partial charge in [0.15, 0.2) is 5.82 Å². The Morgan fingerprint density at radius 1 is 1.16 bits per heavy atom. The number of benzene rings is 2. The molecule has 2 heterocycles. The number of halogens is 2. The van der Waals surface area contributed by atoms with E-state index in [1.54, 1.807) is 38.1 Å². The molecule has 0 spiro atoms. The van der Waals surface area contributed by atoms with Gasteiger partial charge in [0.05, 0.1) is 6.54 Å². The van der Waals surface area contributed by atoms with Gasteiger partial charge < -0.3 is 9.84 Å². The van der Waals surface area contributed by atoms with Crippen molar-refractivity contribution in [1.29, 1.82) is 0 Å². The zero-order valence-corrected chi connectivity index (χ0v) is 21.2. The van der Waals surface area contributed by atoms with Crippen molar-refractivity contribution in [3.05, 3.63) is 77.9 Å². The summed E-state index contributed by atoms with van der Waals surface area (Å²) in [4.78, 5) is 8.06. The van der Waals surface area contributed by atoms with Gasteiger partial charge in [-0.15, -0.1) is 5.10 Å². The number of sulfone groups is 1. The van der Waals surface area contributed by atoms with Gasteiger partial charge in [-0.1, -0.05) is 37.3 Å². The van der Waals surface area contributed by atoms with E-state index in [4.69, 9.17) is 4.74 Å². The Morgan fingerprint density at radius 3 is 2.49 bits per heavy atom. The molecule has 2 atom stereocenters. The molecule has 37 heavy (non-hydrogen) atoms. The molecule has 2 aromatic heterocycles. The fraction of sp³-hybridized carbons (Fsp3) is 0.333. The van der Waals surface area contributed by atoms with Crippen LogP contribution in [0, 0.1) is 11.6 Å². The molecule has 0 radical (unpaired) electrons. The van der Waals surface area contributed by atoms with E-state index in [0.717, 1.165) is 18.4 Å². The fourth-order valence-electron chi connectivity index (χ4n) is 4.01. The van der Waals surface area contributed by atoms with Crippen molar-refractivity contribution in [2.24, 2.45) is 0 Å². The zero-order chi connectivity index (χ0) is 26.8. The van der Waals surface area contributed by atoms with Gasteiger partial charge in [0.2, 0.25) is 9.84 Å². The van der Waals surface area contributed by atoms with Crippen molar-refractivity contribution in [2.75, 3.05) is 12.9 Å². The monoisotopic (exact) mass is 532 g/mol. The van der Waals surface area contributed by atoms with Crippen LogP contribution in [-0.4, -0.2) is 55.9 Å².